The summed E-state index contributed by atoms with van der Waals surface area (Å²) in [5.74, 6) is 0.753. The fraction of sp³-hybridized carbons (Fsp3) is 0.571. The van der Waals surface area contributed by atoms with E-state index in [9.17, 15) is 4.39 Å². The van der Waals surface area contributed by atoms with Crippen LogP contribution in [0, 0.1) is 5.82 Å². The van der Waals surface area contributed by atoms with Gasteiger partial charge in [0.05, 0.1) is 18.8 Å². The Labute approximate surface area is 128 Å². The van der Waals surface area contributed by atoms with Crippen LogP contribution in [-0.2, 0) is 17.7 Å². The first kappa shape index (κ1) is 14.8. The van der Waals surface area contributed by atoms with E-state index >= 15 is 0 Å². The van der Waals surface area contributed by atoms with Gasteiger partial charge in [0.25, 0.3) is 0 Å². The van der Waals surface area contributed by atoms with E-state index in [1.54, 1.807) is 6.33 Å². The van der Waals surface area contributed by atoms with Gasteiger partial charge in [-0.3, -0.25) is 0 Å². The minimum Gasteiger partial charge on any atom is -0.366 e. The molecular formula is C14H19FN6O. The molecule has 1 aliphatic heterocycles. The van der Waals surface area contributed by atoms with Crippen molar-refractivity contribution in [3.05, 3.63) is 30.0 Å². The van der Waals surface area contributed by atoms with E-state index in [2.05, 4.69) is 20.2 Å². The molecule has 0 aliphatic carbocycles. The van der Waals surface area contributed by atoms with Gasteiger partial charge in [0.2, 0.25) is 0 Å². The second-order valence-electron chi connectivity index (χ2n) is 5.09. The van der Waals surface area contributed by atoms with Crippen LogP contribution >= 0.6 is 0 Å². The van der Waals surface area contributed by atoms with E-state index in [-0.39, 0.29) is 11.9 Å². The topological polar surface area (TPSA) is 69.0 Å². The lowest BCUT2D eigenvalue weighted by Gasteiger charge is -2.33. The molecule has 0 radical (unpaired) electrons. The number of rotatable bonds is 4. The predicted octanol–water partition coefficient (Wildman–Crippen LogP) is 1.37. The third kappa shape index (κ3) is 2.66. The molecule has 1 atom stereocenters. The van der Waals surface area contributed by atoms with Gasteiger partial charge in [-0.25, -0.2) is 14.4 Å². The molecule has 0 aromatic carbocycles. The van der Waals surface area contributed by atoms with Gasteiger partial charge in [0.15, 0.2) is 17.5 Å². The quantitative estimate of drug-likeness (QED) is 0.850. The maximum Gasteiger partial charge on any atom is 0.187 e. The molecule has 0 N–H and O–H groups in total. The summed E-state index contributed by atoms with van der Waals surface area (Å²) in [5.41, 5.74) is 0.435. The van der Waals surface area contributed by atoms with E-state index in [1.807, 2.05) is 23.3 Å². The van der Waals surface area contributed by atoms with E-state index in [4.69, 9.17) is 4.74 Å². The van der Waals surface area contributed by atoms with Crippen molar-refractivity contribution in [3.8, 4) is 0 Å². The summed E-state index contributed by atoms with van der Waals surface area (Å²) < 4.78 is 22.1. The highest BCUT2D eigenvalue weighted by atomic mass is 19.1. The number of morpholine rings is 1. The lowest BCUT2D eigenvalue weighted by molar-refractivity contribution is 0.0311. The molecule has 2 aromatic rings. The van der Waals surface area contributed by atoms with E-state index < -0.39 is 0 Å². The van der Waals surface area contributed by atoms with E-state index in [0.29, 0.717) is 37.6 Å². The third-order valence-electron chi connectivity index (χ3n) is 3.82. The molecule has 1 aliphatic rings. The minimum atomic E-state index is -0.345. The number of nitrogens with zero attached hydrogens (tertiary/aromatic N) is 6. The normalized spacial score (nSPS) is 18.7. The maximum absolute atomic E-state index is 14.4. The van der Waals surface area contributed by atoms with Gasteiger partial charge >= 0.3 is 0 Å². The molecule has 1 saturated heterocycles. The molecule has 0 spiro atoms. The Morgan fingerprint density at radius 1 is 1.36 bits per heavy atom. The predicted molar refractivity (Wildman–Crippen MR) is 78.0 cm³/mol. The molecule has 0 bridgehead atoms. The van der Waals surface area contributed by atoms with Crippen LogP contribution in [0.1, 0.15) is 31.5 Å². The van der Waals surface area contributed by atoms with Crippen LogP contribution in [0.2, 0.25) is 0 Å². The van der Waals surface area contributed by atoms with Crippen LogP contribution in [0.25, 0.3) is 0 Å². The number of aromatic nitrogens is 5. The molecule has 118 valence electrons. The number of hydrogen-bond acceptors (Lipinski definition) is 6. The second kappa shape index (κ2) is 6.35. The van der Waals surface area contributed by atoms with Crippen molar-refractivity contribution in [2.24, 2.45) is 0 Å². The number of halogens is 1. The van der Waals surface area contributed by atoms with Crippen molar-refractivity contribution in [2.45, 2.75) is 32.9 Å². The van der Waals surface area contributed by atoms with Gasteiger partial charge in [-0.2, -0.15) is 0 Å². The monoisotopic (exact) mass is 306 g/mol. The molecule has 2 aromatic heterocycles. The fourth-order valence-electron chi connectivity index (χ4n) is 2.62. The molecular weight excluding hydrogens is 287 g/mol. The second-order valence-corrected chi connectivity index (χ2v) is 5.09. The Morgan fingerprint density at radius 3 is 3.00 bits per heavy atom. The van der Waals surface area contributed by atoms with Crippen LogP contribution in [0.4, 0.5) is 10.2 Å². The van der Waals surface area contributed by atoms with E-state index in [0.717, 1.165) is 12.4 Å². The molecule has 22 heavy (non-hydrogen) atoms. The summed E-state index contributed by atoms with van der Waals surface area (Å²) in [7, 11) is 0. The minimum absolute atomic E-state index is 0.240. The van der Waals surface area contributed by atoms with E-state index in [1.165, 1.54) is 6.33 Å². The molecule has 0 saturated carbocycles. The van der Waals surface area contributed by atoms with Crippen molar-refractivity contribution in [2.75, 3.05) is 24.6 Å². The number of aryl methyl sites for hydroxylation is 2. The van der Waals surface area contributed by atoms with Crippen LogP contribution in [0.5, 0.6) is 0 Å². The standard InChI is InChI=1S/C14H19FN6O/c1-3-10-12(15)14(17-8-16-10)21-5-6-22-11(7-21)13-19-18-9-20(13)4-2/h8-9,11H,3-7H2,1-2H3/t11-/m0/s1. The Bertz CT molecular complexity index is 646. The zero-order valence-corrected chi connectivity index (χ0v) is 12.7. The van der Waals surface area contributed by atoms with Gasteiger partial charge in [0, 0.05) is 13.1 Å². The van der Waals surface area contributed by atoms with Gasteiger partial charge in [-0.1, -0.05) is 6.92 Å². The van der Waals surface area contributed by atoms with Crippen molar-refractivity contribution in [1.82, 2.24) is 24.7 Å². The first-order valence-corrected chi connectivity index (χ1v) is 7.48. The highest BCUT2D eigenvalue weighted by molar-refractivity contribution is 5.41. The molecule has 3 rings (SSSR count). The van der Waals surface area contributed by atoms with Gasteiger partial charge in [-0.05, 0) is 13.3 Å². The first-order valence-electron chi connectivity index (χ1n) is 7.48. The van der Waals surface area contributed by atoms with Gasteiger partial charge in [-0.15, -0.1) is 10.2 Å². The van der Waals surface area contributed by atoms with Crippen LogP contribution < -0.4 is 4.90 Å². The number of anilines is 1. The molecule has 8 heteroatoms. The number of ether oxygens (including phenoxy) is 1. The van der Waals surface area contributed by atoms with Crippen molar-refractivity contribution in [3.63, 3.8) is 0 Å². The average Bonchev–Trinajstić information content (AvgIpc) is 3.04. The Morgan fingerprint density at radius 2 is 2.23 bits per heavy atom. The Balaban J connectivity index is 1.84. The highest BCUT2D eigenvalue weighted by Crippen LogP contribution is 2.26. The summed E-state index contributed by atoms with van der Waals surface area (Å²) in [5, 5.41) is 8.06. The smallest absolute Gasteiger partial charge is 0.187 e. The zero-order valence-electron chi connectivity index (χ0n) is 12.7. The van der Waals surface area contributed by atoms with Crippen molar-refractivity contribution in [1.29, 1.82) is 0 Å². The molecule has 3 heterocycles. The highest BCUT2D eigenvalue weighted by Gasteiger charge is 2.28. The Kier molecular flexibility index (Phi) is 4.28. The summed E-state index contributed by atoms with van der Waals surface area (Å²) in [6.07, 6.45) is 3.39. The molecule has 0 unspecified atom stereocenters. The van der Waals surface area contributed by atoms with Gasteiger partial charge in [0.1, 0.15) is 18.8 Å². The summed E-state index contributed by atoms with van der Waals surface area (Å²) in [6, 6.07) is 0. The van der Waals surface area contributed by atoms with Gasteiger partial charge < -0.3 is 14.2 Å². The average molecular weight is 306 g/mol. The molecule has 0 amide bonds. The van der Waals surface area contributed by atoms with Crippen molar-refractivity contribution >= 4 is 5.82 Å². The summed E-state index contributed by atoms with van der Waals surface area (Å²) >= 11 is 0. The summed E-state index contributed by atoms with van der Waals surface area (Å²) in [6.45, 7) is 6.24. The Hall–Kier alpha value is -2.09. The number of hydrogen-bond donors (Lipinski definition) is 0. The maximum atomic E-state index is 14.4. The van der Waals surface area contributed by atoms with Crippen LogP contribution in [0.3, 0.4) is 0 Å². The molecule has 7 nitrogen and oxygen atoms in total. The van der Waals surface area contributed by atoms with Crippen LogP contribution in [-0.4, -0.2) is 44.4 Å². The third-order valence-corrected chi connectivity index (χ3v) is 3.82. The SMILES string of the molecule is CCc1ncnc(N2CCO[C@H](c3nncn3CC)C2)c1F. The summed E-state index contributed by atoms with van der Waals surface area (Å²) in [4.78, 5) is 9.98. The fourth-order valence-corrected chi connectivity index (χ4v) is 2.62. The lowest BCUT2D eigenvalue weighted by Crippen LogP contribution is -2.40. The van der Waals surface area contributed by atoms with Crippen molar-refractivity contribution < 1.29 is 9.13 Å². The van der Waals surface area contributed by atoms with Crippen LogP contribution in [0.15, 0.2) is 12.7 Å². The molecule has 1 fully saturated rings. The first-order chi connectivity index (χ1) is 10.7. The lowest BCUT2D eigenvalue weighted by atomic mass is 10.2. The largest absolute Gasteiger partial charge is 0.366 e. The zero-order chi connectivity index (χ0) is 15.5.